The van der Waals surface area contributed by atoms with Crippen molar-refractivity contribution in [1.82, 2.24) is 0 Å². The minimum atomic E-state index is -0.746. The van der Waals surface area contributed by atoms with Gasteiger partial charge >= 0.3 is 0 Å². The highest BCUT2D eigenvalue weighted by molar-refractivity contribution is 5.95. The number of methoxy groups -OCH3 is 1. The van der Waals surface area contributed by atoms with Gasteiger partial charge in [0.1, 0.15) is 11.2 Å². The van der Waals surface area contributed by atoms with Gasteiger partial charge in [0.2, 0.25) is 11.2 Å². The SMILES string of the molecule is C=CC(C)(C)Oc1ccc2c(=O)c3cccc(OCOC)c3oc2c1OC(C)(C)C=C. The number of para-hydroxylation sites is 1. The summed E-state index contributed by atoms with van der Waals surface area (Å²) in [6.45, 7) is 15.1. The van der Waals surface area contributed by atoms with Gasteiger partial charge in [0.15, 0.2) is 29.5 Å². The van der Waals surface area contributed by atoms with E-state index in [1.54, 1.807) is 42.5 Å². The van der Waals surface area contributed by atoms with Gasteiger partial charge in [0.25, 0.3) is 0 Å². The monoisotopic (exact) mass is 424 g/mol. The molecule has 3 rings (SSSR count). The molecule has 0 bridgehead atoms. The normalized spacial score (nSPS) is 12.0. The van der Waals surface area contributed by atoms with E-state index in [-0.39, 0.29) is 17.8 Å². The molecular formula is C25H28O6. The molecule has 3 aromatic rings. The summed E-state index contributed by atoms with van der Waals surface area (Å²) >= 11 is 0. The minimum absolute atomic E-state index is 0.0182. The molecule has 0 saturated carbocycles. The Labute approximate surface area is 181 Å². The molecule has 0 atom stereocenters. The lowest BCUT2D eigenvalue weighted by Crippen LogP contribution is -2.28. The minimum Gasteiger partial charge on any atom is -0.480 e. The lowest BCUT2D eigenvalue weighted by molar-refractivity contribution is 0.0515. The second kappa shape index (κ2) is 8.47. The van der Waals surface area contributed by atoms with Gasteiger partial charge in [-0.15, -0.1) is 0 Å². The fourth-order valence-electron chi connectivity index (χ4n) is 2.91. The highest BCUT2D eigenvalue weighted by atomic mass is 16.7. The van der Waals surface area contributed by atoms with Gasteiger partial charge < -0.3 is 23.4 Å². The summed E-state index contributed by atoms with van der Waals surface area (Å²) in [6.07, 6.45) is 3.35. The molecule has 164 valence electrons. The van der Waals surface area contributed by atoms with Gasteiger partial charge in [-0.2, -0.15) is 0 Å². The third-order valence-corrected chi connectivity index (χ3v) is 4.80. The zero-order valence-corrected chi connectivity index (χ0v) is 18.6. The molecule has 1 aromatic heterocycles. The Hall–Kier alpha value is -3.25. The average molecular weight is 424 g/mol. The van der Waals surface area contributed by atoms with E-state index >= 15 is 0 Å². The van der Waals surface area contributed by atoms with E-state index < -0.39 is 11.2 Å². The molecule has 0 N–H and O–H groups in total. The number of ether oxygens (including phenoxy) is 4. The van der Waals surface area contributed by atoms with E-state index in [9.17, 15) is 4.79 Å². The fourth-order valence-corrected chi connectivity index (χ4v) is 2.91. The Morgan fingerprint density at radius 3 is 2.19 bits per heavy atom. The van der Waals surface area contributed by atoms with Gasteiger partial charge in [-0.1, -0.05) is 19.2 Å². The van der Waals surface area contributed by atoms with E-state index in [2.05, 4.69) is 13.2 Å². The highest BCUT2D eigenvalue weighted by Gasteiger charge is 2.26. The van der Waals surface area contributed by atoms with Crippen molar-refractivity contribution in [1.29, 1.82) is 0 Å². The zero-order valence-electron chi connectivity index (χ0n) is 18.6. The Balaban J connectivity index is 2.36. The molecule has 0 radical (unpaired) electrons. The van der Waals surface area contributed by atoms with Crippen molar-refractivity contribution in [2.45, 2.75) is 38.9 Å². The Morgan fingerprint density at radius 1 is 0.903 bits per heavy atom. The van der Waals surface area contributed by atoms with Crippen molar-refractivity contribution in [2.75, 3.05) is 13.9 Å². The van der Waals surface area contributed by atoms with Crippen molar-refractivity contribution >= 4 is 21.9 Å². The first-order chi connectivity index (χ1) is 14.6. The van der Waals surface area contributed by atoms with Crippen LogP contribution in [0.3, 0.4) is 0 Å². The van der Waals surface area contributed by atoms with Crippen molar-refractivity contribution in [3.05, 3.63) is 65.9 Å². The topological polar surface area (TPSA) is 67.1 Å². The first-order valence-electron chi connectivity index (χ1n) is 9.92. The molecule has 6 heteroatoms. The first kappa shape index (κ1) is 22.4. The molecule has 6 nitrogen and oxygen atoms in total. The van der Waals surface area contributed by atoms with Crippen LogP contribution in [0.5, 0.6) is 17.2 Å². The summed E-state index contributed by atoms with van der Waals surface area (Å²) in [5.74, 6) is 1.12. The van der Waals surface area contributed by atoms with E-state index in [4.69, 9.17) is 23.4 Å². The first-order valence-corrected chi connectivity index (χ1v) is 9.92. The second-order valence-electron chi connectivity index (χ2n) is 8.20. The molecular weight excluding hydrogens is 396 g/mol. The van der Waals surface area contributed by atoms with E-state index in [0.717, 1.165) is 0 Å². The molecule has 0 aliphatic rings. The number of hydrogen-bond donors (Lipinski definition) is 0. The molecule has 0 amide bonds. The maximum Gasteiger partial charge on any atom is 0.205 e. The zero-order chi connectivity index (χ0) is 22.8. The molecule has 31 heavy (non-hydrogen) atoms. The standard InChI is InChI=1S/C25H28O6/c1-8-24(3,4)30-19-14-13-17-20(26)16-11-10-12-18(28-15-27-7)21(16)29-22(17)23(19)31-25(5,6)9-2/h8-14H,1-2,15H2,3-7H3. The molecule has 0 aliphatic carbocycles. The maximum atomic E-state index is 13.3. The second-order valence-corrected chi connectivity index (χ2v) is 8.20. The number of fused-ring (bicyclic) bond motifs is 2. The summed E-state index contributed by atoms with van der Waals surface area (Å²) in [6, 6.07) is 8.52. The summed E-state index contributed by atoms with van der Waals surface area (Å²) in [7, 11) is 1.52. The average Bonchev–Trinajstić information content (AvgIpc) is 2.74. The van der Waals surface area contributed by atoms with Gasteiger partial charge in [-0.3, -0.25) is 4.79 Å². The summed E-state index contributed by atoms with van der Waals surface area (Å²) < 4.78 is 29.2. The van der Waals surface area contributed by atoms with Crippen molar-refractivity contribution in [2.24, 2.45) is 0 Å². The van der Waals surface area contributed by atoms with Crippen LogP contribution in [0.1, 0.15) is 27.7 Å². The van der Waals surface area contributed by atoms with Gasteiger partial charge in [0.05, 0.1) is 10.8 Å². The Kier molecular flexibility index (Phi) is 6.13. The Morgan fingerprint density at radius 2 is 1.55 bits per heavy atom. The summed E-state index contributed by atoms with van der Waals surface area (Å²) in [4.78, 5) is 13.3. The lowest BCUT2D eigenvalue weighted by atomic mass is 10.1. The predicted molar refractivity (Wildman–Crippen MR) is 122 cm³/mol. The van der Waals surface area contributed by atoms with Crippen LogP contribution in [-0.4, -0.2) is 25.1 Å². The molecule has 0 spiro atoms. The fraction of sp³-hybridized carbons (Fsp3) is 0.320. The van der Waals surface area contributed by atoms with Crippen LogP contribution in [0.15, 0.2) is 64.9 Å². The largest absolute Gasteiger partial charge is 0.480 e. The van der Waals surface area contributed by atoms with E-state index in [1.165, 1.54) is 7.11 Å². The van der Waals surface area contributed by atoms with Crippen molar-refractivity contribution in [3.63, 3.8) is 0 Å². The third-order valence-electron chi connectivity index (χ3n) is 4.80. The molecule has 0 saturated heterocycles. The van der Waals surface area contributed by atoms with Crippen molar-refractivity contribution < 1.29 is 23.4 Å². The molecule has 1 heterocycles. The third kappa shape index (κ3) is 4.59. The van der Waals surface area contributed by atoms with Crippen LogP contribution in [-0.2, 0) is 4.74 Å². The number of rotatable bonds is 9. The quantitative estimate of drug-likeness (QED) is 0.252. The van der Waals surface area contributed by atoms with E-state index in [0.29, 0.717) is 33.6 Å². The Bertz CT molecular complexity index is 1190. The van der Waals surface area contributed by atoms with Crippen LogP contribution in [0, 0.1) is 0 Å². The van der Waals surface area contributed by atoms with Gasteiger partial charge in [0, 0.05) is 7.11 Å². The number of hydrogen-bond acceptors (Lipinski definition) is 6. The molecule has 2 aromatic carbocycles. The van der Waals surface area contributed by atoms with Gasteiger partial charge in [-0.25, -0.2) is 0 Å². The predicted octanol–water partition coefficient (Wildman–Crippen LogP) is 5.62. The van der Waals surface area contributed by atoms with E-state index in [1.807, 2.05) is 27.7 Å². The van der Waals surface area contributed by atoms with Crippen molar-refractivity contribution in [3.8, 4) is 17.2 Å². The smallest absolute Gasteiger partial charge is 0.205 e. The van der Waals surface area contributed by atoms with Crippen LogP contribution < -0.4 is 19.6 Å². The van der Waals surface area contributed by atoms with Crippen LogP contribution in [0.4, 0.5) is 0 Å². The maximum absolute atomic E-state index is 13.3. The van der Waals surface area contributed by atoms with Crippen LogP contribution in [0.2, 0.25) is 0 Å². The van der Waals surface area contributed by atoms with Gasteiger partial charge in [-0.05, 0) is 64.1 Å². The number of benzene rings is 2. The molecule has 0 aliphatic heterocycles. The lowest BCUT2D eigenvalue weighted by Gasteiger charge is -2.28. The van der Waals surface area contributed by atoms with Crippen LogP contribution >= 0.6 is 0 Å². The summed E-state index contributed by atoms with van der Waals surface area (Å²) in [5, 5.41) is 0.769. The molecule has 0 fully saturated rings. The summed E-state index contributed by atoms with van der Waals surface area (Å²) in [5.41, 5.74) is -1.05. The van der Waals surface area contributed by atoms with Crippen LogP contribution in [0.25, 0.3) is 21.9 Å². The highest BCUT2D eigenvalue weighted by Crippen LogP contribution is 2.41. The molecule has 0 unspecified atom stereocenters.